The van der Waals surface area contributed by atoms with Crippen LogP contribution in [0.4, 0.5) is 11.4 Å². The first-order valence-electron chi connectivity index (χ1n) is 12.2. The second-order valence-electron chi connectivity index (χ2n) is 9.60. The van der Waals surface area contributed by atoms with Gasteiger partial charge in [-0.25, -0.2) is 0 Å². The summed E-state index contributed by atoms with van der Waals surface area (Å²) < 4.78 is 0. The molecule has 178 valence electrons. The molecule has 0 aliphatic carbocycles. The van der Waals surface area contributed by atoms with Gasteiger partial charge in [-0.1, -0.05) is 42.5 Å². The van der Waals surface area contributed by atoms with Gasteiger partial charge < -0.3 is 4.90 Å². The van der Waals surface area contributed by atoms with Crippen LogP contribution in [-0.4, -0.2) is 66.8 Å². The van der Waals surface area contributed by atoms with Crippen molar-refractivity contribution in [3.63, 3.8) is 0 Å². The van der Waals surface area contributed by atoms with Crippen molar-refractivity contribution in [1.29, 1.82) is 0 Å². The summed E-state index contributed by atoms with van der Waals surface area (Å²) in [6, 6.07) is 19.8. The van der Waals surface area contributed by atoms with Crippen molar-refractivity contribution in [2.24, 2.45) is 0 Å². The van der Waals surface area contributed by atoms with Gasteiger partial charge in [-0.2, -0.15) is 0 Å². The number of anilines is 2. The molecule has 3 aliphatic heterocycles. The highest BCUT2D eigenvalue weighted by Crippen LogP contribution is 2.43. The number of rotatable bonds is 4. The lowest BCUT2D eigenvalue weighted by Crippen LogP contribution is -2.54. The molecule has 0 spiro atoms. The Hall–Kier alpha value is -3.71. The van der Waals surface area contributed by atoms with Gasteiger partial charge in [0.15, 0.2) is 0 Å². The van der Waals surface area contributed by atoms with Crippen molar-refractivity contribution in [1.82, 2.24) is 9.80 Å². The number of nitrogens with zero attached hydrogens (tertiary/aromatic N) is 4. The van der Waals surface area contributed by atoms with E-state index in [1.165, 1.54) is 12.6 Å². The smallest absolute Gasteiger partial charge is 0.259 e. The molecular weight excluding hydrogens is 440 g/mol. The van der Waals surface area contributed by atoms with Gasteiger partial charge in [-0.3, -0.25) is 29.1 Å². The number of likely N-dealkylation sites (N-methyl/N-ethyl adjacent to an activating group) is 1. The second kappa shape index (κ2) is 8.50. The first-order chi connectivity index (χ1) is 17.0. The molecule has 3 aliphatic rings. The van der Waals surface area contributed by atoms with Crippen molar-refractivity contribution >= 4 is 39.9 Å². The van der Waals surface area contributed by atoms with Gasteiger partial charge in [0.05, 0.1) is 11.3 Å². The number of carbonyl (C=O) groups is 3. The predicted molar refractivity (Wildman–Crippen MR) is 135 cm³/mol. The maximum Gasteiger partial charge on any atom is 0.259 e. The molecule has 0 saturated carbocycles. The lowest BCUT2D eigenvalue weighted by atomic mass is 10.0. The van der Waals surface area contributed by atoms with Crippen LogP contribution in [-0.2, 0) is 16.1 Å². The van der Waals surface area contributed by atoms with Crippen molar-refractivity contribution in [2.75, 3.05) is 43.0 Å². The van der Waals surface area contributed by atoms with Crippen LogP contribution in [0.5, 0.6) is 0 Å². The number of piperidine rings is 1. The van der Waals surface area contributed by atoms with Gasteiger partial charge in [0, 0.05) is 62.7 Å². The number of imide groups is 1. The maximum atomic E-state index is 13.5. The van der Waals surface area contributed by atoms with Gasteiger partial charge in [-0.15, -0.1) is 0 Å². The van der Waals surface area contributed by atoms with Gasteiger partial charge >= 0.3 is 0 Å². The summed E-state index contributed by atoms with van der Waals surface area (Å²) in [6.45, 7) is 4.72. The lowest BCUT2D eigenvalue weighted by molar-refractivity contribution is -0.147. The van der Waals surface area contributed by atoms with Crippen LogP contribution in [0.25, 0.3) is 10.8 Å². The molecule has 0 radical (unpaired) electrons. The van der Waals surface area contributed by atoms with Crippen molar-refractivity contribution in [3.8, 4) is 0 Å². The third-order valence-corrected chi connectivity index (χ3v) is 7.60. The zero-order chi connectivity index (χ0) is 24.1. The number of carbonyl (C=O) groups excluding carboxylic acids is 3. The molecule has 0 bridgehead atoms. The Balaban J connectivity index is 1.28. The van der Waals surface area contributed by atoms with Gasteiger partial charge in [-0.05, 0) is 30.2 Å². The van der Waals surface area contributed by atoms with Crippen LogP contribution in [0, 0.1) is 0 Å². The summed E-state index contributed by atoms with van der Waals surface area (Å²) >= 11 is 0. The predicted octanol–water partition coefficient (Wildman–Crippen LogP) is 3.27. The summed E-state index contributed by atoms with van der Waals surface area (Å²) in [4.78, 5) is 46.0. The summed E-state index contributed by atoms with van der Waals surface area (Å²) in [7, 11) is 1.50. The zero-order valence-electron chi connectivity index (χ0n) is 19.8. The maximum absolute atomic E-state index is 13.5. The van der Waals surface area contributed by atoms with E-state index in [4.69, 9.17) is 0 Å². The molecule has 1 atom stereocenters. The number of benzene rings is 3. The van der Waals surface area contributed by atoms with E-state index in [0.29, 0.717) is 12.0 Å². The minimum absolute atomic E-state index is 0.156. The average molecular weight is 469 g/mol. The number of hydrogen-bond acceptors (Lipinski definition) is 5. The van der Waals surface area contributed by atoms with Crippen LogP contribution in [0.15, 0.2) is 60.7 Å². The quantitative estimate of drug-likeness (QED) is 0.550. The molecule has 2 fully saturated rings. The van der Waals surface area contributed by atoms with Crippen LogP contribution in [0.3, 0.4) is 0 Å². The van der Waals surface area contributed by atoms with Gasteiger partial charge in [0.1, 0.15) is 6.04 Å². The monoisotopic (exact) mass is 468 g/mol. The molecule has 3 heterocycles. The van der Waals surface area contributed by atoms with Gasteiger partial charge in [0.25, 0.3) is 11.8 Å². The van der Waals surface area contributed by atoms with Gasteiger partial charge in [0.2, 0.25) is 5.91 Å². The molecule has 3 aromatic carbocycles. The molecule has 3 aromatic rings. The zero-order valence-corrected chi connectivity index (χ0v) is 19.8. The molecule has 0 N–H and O–H groups in total. The molecule has 7 heteroatoms. The Labute approximate surface area is 204 Å². The Bertz CT molecular complexity index is 1330. The van der Waals surface area contributed by atoms with Crippen LogP contribution < -0.4 is 9.80 Å². The summed E-state index contributed by atoms with van der Waals surface area (Å²) in [5.41, 5.74) is 3.86. The highest BCUT2D eigenvalue weighted by atomic mass is 16.2. The Morgan fingerprint density at radius 3 is 2.37 bits per heavy atom. The van der Waals surface area contributed by atoms with Crippen LogP contribution in [0.2, 0.25) is 0 Å². The minimum atomic E-state index is -0.645. The third kappa shape index (κ3) is 3.58. The van der Waals surface area contributed by atoms with E-state index in [1.54, 1.807) is 4.90 Å². The van der Waals surface area contributed by atoms with E-state index in [0.717, 1.165) is 59.8 Å². The summed E-state index contributed by atoms with van der Waals surface area (Å²) in [5.74, 6) is -0.659. The fourth-order valence-electron chi connectivity index (χ4n) is 5.70. The largest absolute Gasteiger partial charge is 0.368 e. The Kier molecular flexibility index (Phi) is 5.29. The number of likely N-dealkylation sites (tertiary alicyclic amines) is 1. The minimum Gasteiger partial charge on any atom is -0.368 e. The molecule has 1 unspecified atom stereocenters. The van der Waals surface area contributed by atoms with E-state index in [1.807, 2.05) is 30.3 Å². The number of amides is 3. The Morgan fingerprint density at radius 1 is 0.829 bits per heavy atom. The highest BCUT2D eigenvalue weighted by molar-refractivity contribution is 6.28. The highest BCUT2D eigenvalue weighted by Gasteiger charge is 2.43. The van der Waals surface area contributed by atoms with E-state index < -0.39 is 6.04 Å². The fourth-order valence-corrected chi connectivity index (χ4v) is 5.70. The van der Waals surface area contributed by atoms with Crippen molar-refractivity contribution in [3.05, 3.63) is 71.8 Å². The van der Waals surface area contributed by atoms with E-state index in [2.05, 4.69) is 40.1 Å². The topological polar surface area (TPSA) is 64.2 Å². The molecule has 6 rings (SSSR count). The molecule has 35 heavy (non-hydrogen) atoms. The van der Waals surface area contributed by atoms with Crippen molar-refractivity contribution < 1.29 is 14.4 Å². The normalized spacial score (nSPS) is 20.9. The summed E-state index contributed by atoms with van der Waals surface area (Å²) in [5, 5.41) is 1.95. The molecule has 0 aromatic heterocycles. The number of piperazine rings is 1. The Morgan fingerprint density at radius 2 is 1.60 bits per heavy atom. The first-order valence-corrected chi connectivity index (χ1v) is 12.2. The first kappa shape index (κ1) is 21.8. The van der Waals surface area contributed by atoms with Crippen LogP contribution >= 0.6 is 0 Å². The van der Waals surface area contributed by atoms with Crippen molar-refractivity contribution in [2.45, 2.75) is 25.4 Å². The summed E-state index contributed by atoms with van der Waals surface area (Å²) in [6.07, 6.45) is 0.621. The number of hydrogen-bond donors (Lipinski definition) is 0. The van der Waals surface area contributed by atoms with Crippen LogP contribution in [0.1, 0.15) is 28.8 Å². The second-order valence-corrected chi connectivity index (χ2v) is 9.60. The standard InChI is InChI=1S/C28H28N4O3/c1-29-25(33)13-12-24(28(29)35)32-23-9-5-8-20-22(11-10-21(26(20)23)27(32)34)31-16-14-30(15-17-31)18-19-6-3-2-4-7-19/h2-11,24H,12-18H2,1H3. The van der Waals surface area contributed by atoms with E-state index in [9.17, 15) is 14.4 Å². The lowest BCUT2D eigenvalue weighted by Gasteiger charge is -2.36. The molecule has 2 saturated heterocycles. The van der Waals surface area contributed by atoms with E-state index in [-0.39, 0.29) is 24.1 Å². The average Bonchev–Trinajstić information content (AvgIpc) is 3.17. The SMILES string of the molecule is CN1C(=O)CCC(N2C(=O)c3ccc(N4CCN(Cc5ccccc5)CC4)c4cccc2c34)C1=O. The fraction of sp³-hybridized carbons (Fsp3) is 0.321. The molecule has 3 amide bonds. The molecular formula is C28H28N4O3. The third-order valence-electron chi connectivity index (χ3n) is 7.60. The molecule has 7 nitrogen and oxygen atoms in total. The van der Waals surface area contributed by atoms with E-state index >= 15 is 0 Å².